The van der Waals surface area contributed by atoms with Gasteiger partial charge >= 0.3 is 0 Å². The summed E-state index contributed by atoms with van der Waals surface area (Å²) >= 11 is 0. The van der Waals surface area contributed by atoms with Crippen LogP contribution in [-0.2, 0) is 10.2 Å². The average molecular weight is 267 g/mol. The molecule has 5 nitrogen and oxygen atoms in total. The minimum atomic E-state index is -3.67. The molecule has 0 saturated carbocycles. The number of nitrogens with two attached hydrogens (primary N) is 2. The van der Waals surface area contributed by atoms with Crippen LogP contribution in [0.4, 0.5) is 5.69 Å². The Hall–Kier alpha value is -1.63. The van der Waals surface area contributed by atoms with E-state index in [1.807, 2.05) is 0 Å². The molecule has 0 heterocycles. The second-order valence-corrected chi connectivity index (χ2v) is 5.16. The molecule has 0 bridgehead atoms. The van der Waals surface area contributed by atoms with E-state index in [2.05, 4.69) is 71.7 Å². The number of fused-ring (bicyclic) bond motifs is 1. The van der Waals surface area contributed by atoms with Gasteiger partial charge in [-0.2, -0.15) is 8.42 Å². The van der Waals surface area contributed by atoms with E-state index in [-0.39, 0.29) is 0 Å². The van der Waals surface area contributed by atoms with E-state index in [1.165, 1.54) is 16.5 Å². The first-order chi connectivity index (χ1) is 8.29. The summed E-state index contributed by atoms with van der Waals surface area (Å²) in [6.07, 6.45) is 0. The smallest absolute Gasteiger partial charge is 0.271 e. The number of hydrogen-bond acceptors (Lipinski definition) is 3. The Morgan fingerprint density at radius 3 is 2.00 bits per heavy atom. The number of rotatable bonds is 1. The molecule has 0 aromatic heterocycles. The van der Waals surface area contributed by atoms with Crippen molar-refractivity contribution in [2.24, 2.45) is 10.3 Å². The summed E-state index contributed by atoms with van der Waals surface area (Å²) in [5, 5.41) is 10.8. The molecule has 0 aliphatic carbocycles. The zero-order valence-electron chi connectivity index (χ0n) is 10.4. The van der Waals surface area contributed by atoms with Crippen LogP contribution in [0.25, 0.3) is 10.8 Å². The van der Waals surface area contributed by atoms with Crippen molar-refractivity contribution in [1.82, 2.24) is 0 Å². The lowest BCUT2D eigenvalue weighted by Crippen LogP contribution is -2.21. The Kier molecular flexibility index (Phi) is 4.66. The summed E-state index contributed by atoms with van der Waals surface area (Å²) in [6, 6.07) is 14.8. The second-order valence-electron chi connectivity index (χ2n) is 3.98. The third-order valence-corrected chi connectivity index (χ3v) is 2.25. The molecule has 2 aromatic rings. The van der Waals surface area contributed by atoms with Gasteiger partial charge in [0.2, 0.25) is 0 Å². The van der Waals surface area contributed by atoms with Crippen LogP contribution < -0.4 is 15.2 Å². The normalized spacial score (nSPS) is 10.7. The van der Waals surface area contributed by atoms with Crippen molar-refractivity contribution in [1.29, 1.82) is 0 Å². The zero-order chi connectivity index (χ0) is 13.8. The van der Waals surface area contributed by atoms with Crippen molar-refractivity contribution in [3.05, 3.63) is 42.5 Å². The first-order valence-electron chi connectivity index (χ1n) is 5.24. The maximum atomic E-state index is 9.19. The van der Waals surface area contributed by atoms with E-state index in [9.17, 15) is 8.42 Å². The summed E-state index contributed by atoms with van der Waals surface area (Å²) < 4.78 is 18.4. The SMILES string of the molecule is CN(C)c1cccc2ccccc12.NS(N)(=O)=O. The molecule has 0 amide bonds. The van der Waals surface area contributed by atoms with E-state index < -0.39 is 10.2 Å². The van der Waals surface area contributed by atoms with Gasteiger partial charge in [0, 0.05) is 25.2 Å². The molecular formula is C12H17N3O2S. The van der Waals surface area contributed by atoms with Gasteiger partial charge in [-0.3, -0.25) is 0 Å². The first kappa shape index (κ1) is 14.4. The highest BCUT2D eigenvalue weighted by Gasteiger charge is 1.99. The van der Waals surface area contributed by atoms with E-state index in [1.54, 1.807) is 0 Å². The van der Waals surface area contributed by atoms with Crippen molar-refractivity contribution in [2.45, 2.75) is 0 Å². The van der Waals surface area contributed by atoms with Crippen molar-refractivity contribution in [3.8, 4) is 0 Å². The Morgan fingerprint density at radius 2 is 1.44 bits per heavy atom. The second kappa shape index (κ2) is 5.81. The van der Waals surface area contributed by atoms with Crippen LogP contribution >= 0.6 is 0 Å². The van der Waals surface area contributed by atoms with Gasteiger partial charge < -0.3 is 4.90 Å². The lowest BCUT2D eigenvalue weighted by molar-refractivity contribution is 0.599. The summed E-state index contributed by atoms with van der Waals surface area (Å²) in [6.45, 7) is 0. The van der Waals surface area contributed by atoms with E-state index in [4.69, 9.17) is 0 Å². The number of benzene rings is 2. The van der Waals surface area contributed by atoms with Crippen molar-refractivity contribution in [3.63, 3.8) is 0 Å². The third kappa shape index (κ3) is 4.70. The summed E-state index contributed by atoms with van der Waals surface area (Å²) in [4.78, 5) is 2.14. The third-order valence-electron chi connectivity index (χ3n) is 2.25. The molecule has 18 heavy (non-hydrogen) atoms. The topological polar surface area (TPSA) is 89.4 Å². The van der Waals surface area contributed by atoms with Gasteiger partial charge in [-0.05, 0) is 11.5 Å². The number of anilines is 1. The maximum absolute atomic E-state index is 9.19. The summed E-state index contributed by atoms with van der Waals surface area (Å²) in [5.41, 5.74) is 1.28. The standard InChI is InChI=1S/C12H13N.H4N2O2S/c1-13(2)12-9-5-7-10-6-3-4-8-11(10)12;1-5(2,3)4/h3-9H,1-2H3;(H4,1,2,3,4). The molecule has 6 heteroatoms. The molecule has 0 spiro atoms. The quantitative estimate of drug-likeness (QED) is 0.809. The largest absolute Gasteiger partial charge is 0.377 e. The fourth-order valence-electron chi connectivity index (χ4n) is 1.60. The lowest BCUT2D eigenvalue weighted by atomic mass is 10.1. The molecule has 4 N–H and O–H groups in total. The molecule has 0 fully saturated rings. The van der Waals surface area contributed by atoms with Gasteiger partial charge in [0.15, 0.2) is 0 Å². The van der Waals surface area contributed by atoms with Crippen LogP contribution in [0.15, 0.2) is 42.5 Å². The average Bonchev–Trinajstić information content (AvgIpc) is 2.26. The monoisotopic (exact) mass is 267 g/mol. The fraction of sp³-hybridized carbons (Fsp3) is 0.167. The first-order valence-corrected chi connectivity index (χ1v) is 6.85. The minimum absolute atomic E-state index is 1.28. The van der Waals surface area contributed by atoms with Crippen molar-refractivity contribution in [2.75, 3.05) is 19.0 Å². The van der Waals surface area contributed by atoms with Gasteiger partial charge in [-0.1, -0.05) is 36.4 Å². The highest BCUT2D eigenvalue weighted by atomic mass is 32.2. The Bertz CT molecular complexity index is 611. The van der Waals surface area contributed by atoms with Crippen molar-refractivity contribution >= 4 is 26.7 Å². The van der Waals surface area contributed by atoms with E-state index in [0.717, 1.165) is 0 Å². The van der Waals surface area contributed by atoms with Crippen molar-refractivity contribution < 1.29 is 8.42 Å². The van der Waals surface area contributed by atoms with Gasteiger partial charge in [-0.25, -0.2) is 10.3 Å². The predicted molar refractivity (Wildman–Crippen MR) is 75.6 cm³/mol. The van der Waals surface area contributed by atoms with Crippen LogP contribution in [0.2, 0.25) is 0 Å². The molecule has 0 aliphatic rings. The molecule has 0 saturated heterocycles. The Labute approximate surface area is 107 Å². The molecule has 0 unspecified atom stereocenters. The minimum Gasteiger partial charge on any atom is -0.377 e. The number of nitrogens with zero attached hydrogens (tertiary/aromatic N) is 1. The van der Waals surface area contributed by atoms with Gasteiger partial charge in [0.1, 0.15) is 0 Å². The molecular weight excluding hydrogens is 250 g/mol. The Morgan fingerprint density at radius 1 is 0.944 bits per heavy atom. The van der Waals surface area contributed by atoms with Crippen LogP contribution in [0.3, 0.4) is 0 Å². The van der Waals surface area contributed by atoms with E-state index in [0.29, 0.717) is 0 Å². The lowest BCUT2D eigenvalue weighted by Gasteiger charge is -2.14. The zero-order valence-corrected chi connectivity index (χ0v) is 11.2. The van der Waals surface area contributed by atoms with Gasteiger partial charge in [-0.15, -0.1) is 0 Å². The predicted octanol–water partition coefficient (Wildman–Crippen LogP) is 1.05. The number of hydrogen-bond donors (Lipinski definition) is 2. The summed E-state index contributed by atoms with van der Waals surface area (Å²) in [5.74, 6) is 0. The van der Waals surface area contributed by atoms with Crippen LogP contribution in [0.1, 0.15) is 0 Å². The van der Waals surface area contributed by atoms with Gasteiger partial charge in [0.05, 0.1) is 0 Å². The maximum Gasteiger partial charge on any atom is 0.271 e. The molecule has 0 aliphatic heterocycles. The summed E-state index contributed by atoms with van der Waals surface area (Å²) in [7, 11) is 0.476. The highest BCUT2D eigenvalue weighted by Crippen LogP contribution is 2.24. The molecule has 0 radical (unpaired) electrons. The van der Waals surface area contributed by atoms with E-state index >= 15 is 0 Å². The van der Waals surface area contributed by atoms with Crippen LogP contribution in [0, 0.1) is 0 Å². The molecule has 2 aromatic carbocycles. The molecule has 0 atom stereocenters. The van der Waals surface area contributed by atoms with Crippen LogP contribution in [0.5, 0.6) is 0 Å². The molecule has 98 valence electrons. The van der Waals surface area contributed by atoms with Crippen LogP contribution in [-0.4, -0.2) is 22.5 Å². The fourth-order valence-corrected chi connectivity index (χ4v) is 1.60. The highest BCUT2D eigenvalue weighted by molar-refractivity contribution is 7.86. The van der Waals surface area contributed by atoms with Gasteiger partial charge in [0.25, 0.3) is 10.2 Å². The molecule has 2 rings (SSSR count). The Balaban J connectivity index is 0.000000280.